The fourth-order valence-electron chi connectivity index (χ4n) is 4.60. The largest absolute Gasteiger partial charge is 0.490 e. The molecule has 37 heavy (non-hydrogen) atoms. The van der Waals surface area contributed by atoms with E-state index in [0.717, 1.165) is 35.6 Å². The van der Waals surface area contributed by atoms with Crippen molar-refractivity contribution in [3.63, 3.8) is 0 Å². The molecule has 0 radical (unpaired) electrons. The van der Waals surface area contributed by atoms with Gasteiger partial charge in [0.1, 0.15) is 23.5 Å². The molecule has 194 valence electrons. The number of rotatable bonds is 6. The van der Waals surface area contributed by atoms with Crippen molar-refractivity contribution in [1.82, 2.24) is 9.97 Å². The third-order valence-electron chi connectivity index (χ3n) is 6.64. The van der Waals surface area contributed by atoms with Crippen LogP contribution in [-0.4, -0.2) is 40.4 Å². The van der Waals surface area contributed by atoms with Crippen molar-refractivity contribution in [2.45, 2.75) is 38.1 Å². The van der Waals surface area contributed by atoms with E-state index in [1.165, 1.54) is 30.5 Å². The van der Waals surface area contributed by atoms with Crippen LogP contribution < -0.4 is 15.0 Å². The number of aromatic nitrogens is 2. The Hall–Kier alpha value is -3.79. The smallest absolute Gasteiger partial charge is 0.418 e. The number of nitrogens with one attached hydrogen (secondary N) is 2. The molecule has 1 aliphatic heterocycles. The Balaban J connectivity index is 1.21. The minimum atomic E-state index is -4.70. The lowest BCUT2D eigenvalue weighted by Gasteiger charge is -2.34. The van der Waals surface area contributed by atoms with E-state index in [4.69, 9.17) is 4.74 Å². The number of H-pyrrole nitrogens is 1. The first kappa shape index (κ1) is 24.9. The topological polar surface area (TPSA) is 73.4 Å². The third-order valence-corrected chi connectivity index (χ3v) is 6.64. The SMILES string of the molecule is Cc1c(Nc2ccc3c(F)c[nH]c3c2)ccnc1N1CCC(Oc2ccc(C(O)C(F)(F)F)cc2)CC1. The Labute approximate surface area is 210 Å². The van der Waals surface area contributed by atoms with E-state index in [1.54, 1.807) is 12.3 Å². The van der Waals surface area contributed by atoms with Crippen LogP contribution in [0.3, 0.4) is 0 Å². The lowest BCUT2D eigenvalue weighted by atomic mass is 10.1. The summed E-state index contributed by atoms with van der Waals surface area (Å²) in [5.74, 6) is 1.05. The number of nitrogens with zero attached hydrogens (tertiary/aromatic N) is 2. The maximum atomic E-state index is 13.7. The van der Waals surface area contributed by atoms with Gasteiger partial charge >= 0.3 is 6.18 Å². The number of fused-ring (bicyclic) bond motifs is 1. The highest BCUT2D eigenvalue weighted by Gasteiger charge is 2.39. The molecular formula is C27H26F4N4O2. The van der Waals surface area contributed by atoms with E-state index in [2.05, 4.69) is 20.2 Å². The van der Waals surface area contributed by atoms with Crippen molar-refractivity contribution in [3.8, 4) is 5.75 Å². The number of hydrogen-bond acceptors (Lipinski definition) is 5. The van der Waals surface area contributed by atoms with Crippen LogP contribution in [0.25, 0.3) is 10.9 Å². The van der Waals surface area contributed by atoms with Crippen LogP contribution >= 0.6 is 0 Å². The quantitative estimate of drug-likeness (QED) is 0.260. The standard InChI is InChI=1S/C27H26F4N4O2/c1-16-23(34-18-4-7-21-22(28)15-33-24(21)14-18)8-11-32-26(16)35-12-9-20(10-13-35)37-19-5-2-17(3-6-19)25(36)27(29,30)31/h2-8,11,14-15,20,25,33,36H,9-10,12-13H2,1H3,(H,32,34). The van der Waals surface area contributed by atoms with Crippen molar-refractivity contribution in [2.24, 2.45) is 0 Å². The monoisotopic (exact) mass is 514 g/mol. The average molecular weight is 515 g/mol. The number of ether oxygens (including phenoxy) is 1. The van der Waals surface area contributed by atoms with Gasteiger partial charge in [0.2, 0.25) is 0 Å². The van der Waals surface area contributed by atoms with Gasteiger partial charge in [-0.05, 0) is 48.9 Å². The molecule has 0 bridgehead atoms. The molecular weight excluding hydrogens is 488 g/mol. The van der Waals surface area contributed by atoms with Gasteiger partial charge in [-0.25, -0.2) is 9.37 Å². The van der Waals surface area contributed by atoms with Gasteiger partial charge < -0.3 is 25.0 Å². The van der Waals surface area contributed by atoms with E-state index in [9.17, 15) is 22.7 Å². The van der Waals surface area contributed by atoms with Gasteiger partial charge in [-0.1, -0.05) is 12.1 Å². The van der Waals surface area contributed by atoms with Gasteiger partial charge in [-0.3, -0.25) is 0 Å². The molecule has 3 N–H and O–H groups in total. The number of aromatic amines is 1. The Morgan fingerprint density at radius 3 is 2.54 bits per heavy atom. The van der Waals surface area contributed by atoms with Crippen LogP contribution in [0.1, 0.15) is 30.1 Å². The van der Waals surface area contributed by atoms with Gasteiger partial charge in [0.05, 0.1) is 5.52 Å². The van der Waals surface area contributed by atoms with Crippen LogP contribution in [0.4, 0.5) is 34.8 Å². The Bertz CT molecular complexity index is 1380. The second kappa shape index (κ2) is 9.93. The highest BCUT2D eigenvalue weighted by atomic mass is 19.4. The predicted molar refractivity (Wildman–Crippen MR) is 134 cm³/mol. The minimum Gasteiger partial charge on any atom is -0.490 e. The van der Waals surface area contributed by atoms with Gasteiger partial charge in [0, 0.05) is 60.6 Å². The molecule has 0 spiro atoms. The number of pyridine rings is 1. The first-order valence-corrected chi connectivity index (χ1v) is 11.9. The fourth-order valence-corrected chi connectivity index (χ4v) is 4.60. The van der Waals surface area contributed by atoms with Crippen LogP contribution in [-0.2, 0) is 0 Å². The maximum absolute atomic E-state index is 13.7. The molecule has 10 heteroatoms. The maximum Gasteiger partial charge on any atom is 0.418 e. The fraction of sp³-hybridized carbons (Fsp3) is 0.296. The summed E-state index contributed by atoms with van der Waals surface area (Å²) in [5, 5.41) is 13.3. The van der Waals surface area contributed by atoms with Crippen molar-refractivity contribution in [2.75, 3.05) is 23.3 Å². The summed E-state index contributed by atoms with van der Waals surface area (Å²) >= 11 is 0. The molecule has 5 rings (SSSR count). The summed E-state index contributed by atoms with van der Waals surface area (Å²) in [6.45, 7) is 3.41. The normalized spacial score (nSPS) is 15.7. The molecule has 3 heterocycles. The first-order valence-electron chi connectivity index (χ1n) is 11.9. The Morgan fingerprint density at radius 1 is 1.11 bits per heavy atom. The van der Waals surface area contributed by atoms with E-state index in [-0.39, 0.29) is 17.5 Å². The van der Waals surface area contributed by atoms with Crippen LogP contribution in [0.15, 0.2) is 60.9 Å². The van der Waals surface area contributed by atoms with Crippen molar-refractivity contribution < 1.29 is 27.4 Å². The molecule has 0 amide bonds. The average Bonchev–Trinajstić information content (AvgIpc) is 3.25. The molecule has 1 aliphatic rings. The van der Waals surface area contributed by atoms with Crippen molar-refractivity contribution in [1.29, 1.82) is 0 Å². The van der Waals surface area contributed by atoms with E-state index < -0.39 is 12.3 Å². The van der Waals surface area contributed by atoms with Crippen LogP contribution in [0.2, 0.25) is 0 Å². The zero-order valence-electron chi connectivity index (χ0n) is 20.0. The summed E-state index contributed by atoms with van der Waals surface area (Å²) < 4.78 is 57.8. The molecule has 1 fully saturated rings. The number of benzene rings is 2. The number of aliphatic hydroxyl groups is 1. The van der Waals surface area contributed by atoms with Gasteiger partial charge in [0.15, 0.2) is 6.10 Å². The van der Waals surface area contributed by atoms with Gasteiger partial charge in [0.25, 0.3) is 0 Å². The molecule has 2 aromatic heterocycles. The number of piperidine rings is 1. The first-order chi connectivity index (χ1) is 17.7. The Morgan fingerprint density at radius 2 is 1.84 bits per heavy atom. The number of anilines is 3. The van der Waals surface area contributed by atoms with Gasteiger partial charge in [-0.15, -0.1) is 0 Å². The van der Waals surface area contributed by atoms with Crippen LogP contribution in [0, 0.1) is 12.7 Å². The van der Waals surface area contributed by atoms with Crippen LogP contribution in [0.5, 0.6) is 5.75 Å². The Kier molecular flexibility index (Phi) is 6.68. The molecule has 0 aliphatic carbocycles. The van der Waals surface area contributed by atoms with Crippen molar-refractivity contribution >= 4 is 28.1 Å². The minimum absolute atomic E-state index is 0.0795. The van der Waals surface area contributed by atoms with Crippen molar-refractivity contribution in [3.05, 3.63) is 77.9 Å². The molecule has 2 aromatic carbocycles. The summed E-state index contributed by atoms with van der Waals surface area (Å²) in [5.41, 5.74) is 3.21. The number of aliphatic hydroxyl groups excluding tert-OH is 1. The summed E-state index contributed by atoms with van der Waals surface area (Å²) in [6, 6.07) is 12.7. The molecule has 4 aromatic rings. The second-order valence-corrected chi connectivity index (χ2v) is 9.15. The molecule has 1 unspecified atom stereocenters. The van der Waals surface area contributed by atoms with Gasteiger partial charge in [-0.2, -0.15) is 13.2 Å². The number of alkyl halides is 3. The summed E-state index contributed by atoms with van der Waals surface area (Å²) in [4.78, 5) is 9.70. The second-order valence-electron chi connectivity index (χ2n) is 9.15. The highest BCUT2D eigenvalue weighted by molar-refractivity contribution is 5.84. The third kappa shape index (κ3) is 5.34. The lowest BCUT2D eigenvalue weighted by molar-refractivity contribution is -0.206. The van der Waals surface area contributed by atoms with E-state index in [0.29, 0.717) is 29.7 Å². The molecule has 0 saturated carbocycles. The predicted octanol–water partition coefficient (Wildman–Crippen LogP) is 6.40. The highest BCUT2D eigenvalue weighted by Crippen LogP contribution is 2.34. The lowest BCUT2D eigenvalue weighted by Crippen LogP contribution is -2.39. The zero-order chi connectivity index (χ0) is 26.2. The summed E-state index contributed by atoms with van der Waals surface area (Å²) in [6.07, 6.45) is -2.76. The molecule has 1 atom stereocenters. The number of hydrogen-bond donors (Lipinski definition) is 3. The zero-order valence-corrected chi connectivity index (χ0v) is 20.0. The van der Waals surface area contributed by atoms with E-state index >= 15 is 0 Å². The molecule has 6 nitrogen and oxygen atoms in total. The van der Waals surface area contributed by atoms with E-state index in [1.807, 2.05) is 25.1 Å². The number of halogens is 4. The summed E-state index contributed by atoms with van der Waals surface area (Å²) in [7, 11) is 0. The molecule has 1 saturated heterocycles.